The average Bonchev–Trinajstić information content (AvgIpc) is 2.38. The smallest absolute Gasteiger partial charge is 0.121 e. The van der Waals surface area contributed by atoms with Crippen molar-refractivity contribution >= 4 is 17.1 Å². The molecule has 2 rings (SSSR count). The number of methoxy groups -OCH3 is 1. The topological polar surface area (TPSA) is 38.5 Å². The Morgan fingerprint density at radius 1 is 1.06 bits per heavy atom. The molecule has 0 saturated carbocycles. The van der Waals surface area contributed by atoms with E-state index in [0.29, 0.717) is 5.69 Å². The maximum atomic E-state index is 6.06. The molecule has 3 nitrogen and oxygen atoms in total. The SMILES string of the molecule is COc1ccc(N(C)c2ccccc2C)c(N)c1. The van der Waals surface area contributed by atoms with Gasteiger partial charge in [-0.1, -0.05) is 18.2 Å². The fourth-order valence-electron chi connectivity index (χ4n) is 2.03. The monoisotopic (exact) mass is 242 g/mol. The van der Waals surface area contributed by atoms with Crippen LogP contribution in [0.5, 0.6) is 5.75 Å². The Labute approximate surface area is 108 Å². The first kappa shape index (κ1) is 12.3. The predicted molar refractivity (Wildman–Crippen MR) is 76.6 cm³/mol. The predicted octanol–water partition coefficient (Wildman–Crippen LogP) is 3.35. The van der Waals surface area contributed by atoms with Gasteiger partial charge in [0, 0.05) is 18.8 Å². The molecular weight excluding hydrogens is 224 g/mol. The molecule has 0 aromatic heterocycles. The number of rotatable bonds is 3. The van der Waals surface area contributed by atoms with Crippen LogP contribution >= 0.6 is 0 Å². The standard InChI is InChI=1S/C15H18N2O/c1-11-6-4-5-7-14(11)17(2)15-9-8-12(18-3)10-13(15)16/h4-10H,16H2,1-3H3. The van der Waals surface area contributed by atoms with E-state index in [1.165, 1.54) is 5.56 Å². The van der Waals surface area contributed by atoms with Crippen LogP contribution < -0.4 is 15.4 Å². The molecule has 0 radical (unpaired) electrons. The van der Waals surface area contributed by atoms with Gasteiger partial charge in [-0.05, 0) is 30.7 Å². The molecule has 2 aromatic carbocycles. The number of anilines is 3. The van der Waals surface area contributed by atoms with E-state index in [0.717, 1.165) is 17.1 Å². The summed E-state index contributed by atoms with van der Waals surface area (Å²) in [6.07, 6.45) is 0. The zero-order valence-corrected chi connectivity index (χ0v) is 11.0. The molecule has 0 atom stereocenters. The molecule has 0 heterocycles. The maximum Gasteiger partial charge on any atom is 0.121 e. The molecule has 94 valence electrons. The van der Waals surface area contributed by atoms with Crippen molar-refractivity contribution < 1.29 is 4.74 Å². The molecule has 0 spiro atoms. The van der Waals surface area contributed by atoms with E-state index in [9.17, 15) is 0 Å². The van der Waals surface area contributed by atoms with Gasteiger partial charge in [0.2, 0.25) is 0 Å². The lowest BCUT2D eigenvalue weighted by Crippen LogP contribution is -2.12. The summed E-state index contributed by atoms with van der Waals surface area (Å²) in [6, 6.07) is 14.0. The second kappa shape index (κ2) is 5.00. The van der Waals surface area contributed by atoms with E-state index in [4.69, 9.17) is 10.5 Å². The first-order chi connectivity index (χ1) is 8.63. The fraction of sp³-hybridized carbons (Fsp3) is 0.200. The summed E-state index contributed by atoms with van der Waals surface area (Å²) >= 11 is 0. The summed E-state index contributed by atoms with van der Waals surface area (Å²) in [4.78, 5) is 2.09. The third-order valence-corrected chi connectivity index (χ3v) is 3.07. The van der Waals surface area contributed by atoms with E-state index >= 15 is 0 Å². The van der Waals surface area contributed by atoms with E-state index in [-0.39, 0.29) is 0 Å². The lowest BCUT2D eigenvalue weighted by Gasteiger charge is -2.23. The molecule has 2 N–H and O–H groups in total. The average molecular weight is 242 g/mol. The van der Waals surface area contributed by atoms with E-state index in [1.54, 1.807) is 7.11 Å². The summed E-state index contributed by atoms with van der Waals surface area (Å²) in [7, 11) is 3.65. The van der Waals surface area contributed by atoms with E-state index in [2.05, 4.69) is 24.0 Å². The lowest BCUT2D eigenvalue weighted by atomic mass is 10.1. The van der Waals surface area contributed by atoms with Crippen molar-refractivity contribution in [2.45, 2.75) is 6.92 Å². The number of ether oxygens (including phenoxy) is 1. The van der Waals surface area contributed by atoms with Crippen LogP contribution in [0, 0.1) is 6.92 Å². The second-order valence-corrected chi connectivity index (χ2v) is 4.27. The maximum absolute atomic E-state index is 6.06. The quantitative estimate of drug-likeness (QED) is 0.839. The Bertz CT molecular complexity index is 552. The Balaban J connectivity index is 2.40. The number of para-hydroxylation sites is 1. The summed E-state index contributed by atoms with van der Waals surface area (Å²) in [6.45, 7) is 2.09. The van der Waals surface area contributed by atoms with Crippen LogP contribution in [0.15, 0.2) is 42.5 Å². The van der Waals surface area contributed by atoms with Gasteiger partial charge in [0.15, 0.2) is 0 Å². The van der Waals surface area contributed by atoms with Gasteiger partial charge in [-0.2, -0.15) is 0 Å². The van der Waals surface area contributed by atoms with Crippen LogP contribution in [-0.4, -0.2) is 14.2 Å². The molecule has 18 heavy (non-hydrogen) atoms. The Morgan fingerprint density at radius 3 is 2.39 bits per heavy atom. The highest BCUT2D eigenvalue weighted by atomic mass is 16.5. The molecule has 0 amide bonds. The lowest BCUT2D eigenvalue weighted by molar-refractivity contribution is 0.415. The minimum Gasteiger partial charge on any atom is -0.497 e. The molecule has 0 unspecified atom stereocenters. The zero-order chi connectivity index (χ0) is 13.1. The van der Waals surface area contributed by atoms with Gasteiger partial charge in [0.25, 0.3) is 0 Å². The van der Waals surface area contributed by atoms with E-state index < -0.39 is 0 Å². The first-order valence-electron chi connectivity index (χ1n) is 5.86. The van der Waals surface area contributed by atoms with Crippen molar-refractivity contribution in [3.05, 3.63) is 48.0 Å². The third-order valence-electron chi connectivity index (χ3n) is 3.07. The van der Waals surface area contributed by atoms with Gasteiger partial charge >= 0.3 is 0 Å². The molecule has 0 aliphatic heterocycles. The Hall–Kier alpha value is -2.16. The van der Waals surface area contributed by atoms with Gasteiger partial charge < -0.3 is 15.4 Å². The van der Waals surface area contributed by atoms with Crippen LogP contribution in [0.3, 0.4) is 0 Å². The number of hydrogen-bond acceptors (Lipinski definition) is 3. The van der Waals surface area contributed by atoms with Crippen molar-refractivity contribution in [2.24, 2.45) is 0 Å². The highest BCUT2D eigenvalue weighted by Gasteiger charge is 2.10. The second-order valence-electron chi connectivity index (χ2n) is 4.27. The van der Waals surface area contributed by atoms with Gasteiger partial charge in [-0.25, -0.2) is 0 Å². The van der Waals surface area contributed by atoms with Crippen LogP contribution in [0.1, 0.15) is 5.56 Å². The normalized spacial score (nSPS) is 10.2. The van der Waals surface area contributed by atoms with E-state index in [1.807, 2.05) is 37.4 Å². The minimum absolute atomic E-state index is 0.708. The van der Waals surface area contributed by atoms with Gasteiger partial charge in [0.1, 0.15) is 5.75 Å². The summed E-state index contributed by atoms with van der Waals surface area (Å²) in [5, 5.41) is 0. The van der Waals surface area contributed by atoms with Gasteiger partial charge in [-0.15, -0.1) is 0 Å². The fourth-order valence-corrected chi connectivity index (χ4v) is 2.03. The number of aryl methyl sites for hydroxylation is 1. The van der Waals surface area contributed by atoms with Crippen molar-refractivity contribution in [3.63, 3.8) is 0 Å². The van der Waals surface area contributed by atoms with Crippen molar-refractivity contribution in [1.29, 1.82) is 0 Å². The number of nitrogens with zero attached hydrogens (tertiary/aromatic N) is 1. The van der Waals surface area contributed by atoms with Gasteiger partial charge in [-0.3, -0.25) is 0 Å². The molecule has 0 saturated heterocycles. The number of nitrogen functional groups attached to an aromatic ring is 1. The van der Waals surface area contributed by atoms with Crippen LogP contribution in [0.2, 0.25) is 0 Å². The molecular formula is C15H18N2O. The largest absolute Gasteiger partial charge is 0.497 e. The van der Waals surface area contributed by atoms with Crippen LogP contribution in [0.4, 0.5) is 17.1 Å². The van der Waals surface area contributed by atoms with Crippen molar-refractivity contribution in [2.75, 3.05) is 24.8 Å². The molecule has 0 fully saturated rings. The van der Waals surface area contributed by atoms with Crippen molar-refractivity contribution in [3.8, 4) is 5.75 Å². The third kappa shape index (κ3) is 2.25. The van der Waals surface area contributed by atoms with Gasteiger partial charge in [0.05, 0.1) is 18.5 Å². The number of hydrogen-bond donors (Lipinski definition) is 1. The summed E-state index contributed by atoms with van der Waals surface area (Å²) < 4.78 is 5.16. The Kier molecular flexibility index (Phi) is 3.42. The molecule has 0 aliphatic carbocycles. The van der Waals surface area contributed by atoms with Crippen molar-refractivity contribution in [1.82, 2.24) is 0 Å². The molecule has 0 bridgehead atoms. The summed E-state index contributed by atoms with van der Waals surface area (Å²) in [5.41, 5.74) is 10.1. The first-order valence-corrected chi connectivity index (χ1v) is 5.86. The molecule has 3 heteroatoms. The number of nitrogens with two attached hydrogens (primary N) is 1. The molecule has 0 aliphatic rings. The zero-order valence-electron chi connectivity index (χ0n) is 11.0. The Morgan fingerprint density at radius 2 is 1.78 bits per heavy atom. The highest BCUT2D eigenvalue weighted by molar-refractivity contribution is 5.76. The minimum atomic E-state index is 0.708. The summed E-state index contributed by atoms with van der Waals surface area (Å²) in [5.74, 6) is 0.773. The molecule has 2 aromatic rings. The van der Waals surface area contributed by atoms with Crippen LogP contribution in [0.25, 0.3) is 0 Å². The highest BCUT2D eigenvalue weighted by Crippen LogP contribution is 2.32. The number of benzene rings is 2. The van der Waals surface area contributed by atoms with Crippen LogP contribution in [-0.2, 0) is 0 Å².